The third kappa shape index (κ3) is 3.26. The number of ether oxygens (including phenoxy) is 3. The minimum atomic E-state index is -1.51. The zero-order valence-electron chi connectivity index (χ0n) is 12.2. The van der Waals surface area contributed by atoms with E-state index >= 15 is 0 Å². The largest absolute Gasteiger partial charge is 0.508 e. The first-order chi connectivity index (χ1) is 10.3. The van der Waals surface area contributed by atoms with Crippen LogP contribution in [0, 0.1) is 6.92 Å². The maximum Gasteiger partial charge on any atom is 0.229 e. The van der Waals surface area contributed by atoms with E-state index in [1.807, 2.05) is 0 Å². The van der Waals surface area contributed by atoms with Crippen LogP contribution in [0.1, 0.15) is 5.56 Å². The molecule has 8 heteroatoms. The molecule has 0 spiro atoms. The Labute approximate surface area is 127 Å². The molecule has 0 radical (unpaired) electrons. The van der Waals surface area contributed by atoms with E-state index in [0.717, 1.165) is 6.07 Å². The van der Waals surface area contributed by atoms with Gasteiger partial charge in [-0.3, -0.25) is 0 Å². The summed E-state index contributed by atoms with van der Waals surface area (Å²) in [7, 11) is 1.40. The van der Waals surface area contributed by atoms with Crippen LogP contribution < -0.4 is 4.74 Å². The minimum Gasteiger partial charge on any atom is -0.508 e. The third-order valence-corrected chi connectivity index (χ3v) is 3.56. The molecule has 0 saturated carbocycles. The van der Waals surface area contributed by atoms with E-state index in [0.29, 0.717) is 5.56 Å². The number of aliphatic hydroxyl groups is 3. The molecule has 5 atom stereocenters. The van der Waals surface area contributed by atoms with Gasteiger partial charge in [0.1, 0.15) is 41.7 Å². The predicted molar refractivity (Wildman–Crippen MR) is 73.7 cm³/mol. The Morgan fingerprint density at radius 2 is 1.77 bits per heavy atom. The molecule has 1 saturated heterocycles. The number of rotatable bonds is 4. The van der Waals surface area contributed by atoms with Crippen LogP contribution in [-0.2, 0) is 9.47 Å². The van der Waals surface area contributed by atoms with Crippen molar-refractivity contribution in [2.45, 2.75) is 37.6 Å². The number of benzene rings is 1. The number of aliphatic hydroxyl groups excluding tert-OH is 3. The van der Waals surface area contributed by atoms with E-state index in [4.69, 9.17) is 14.2 Å². The zero-order valence-corrected chi connectivity index (χ0v) is 12.2. The van der Waals surface area contributed by atoms with Crippen LogP contribution in [0.2, 0.25) is 0 Å². The molecule has 124 valence electrons. The fourth-order valence-electron chi connectivity index (χ4n) is 2.22. The number of phenolic OH excluding ortho intramolecular Hbond substituents is 2. The number of hydrogen-bond acceptors (Lipinski definition) is 8. The molecule has 1 aliphatic heterocycles. The van der Waals surface area contributed by atoms with Crippen molar-refractivity contribution in [3.63, 3.8) is 0 Å². The molecule has 1 aromatic rings. The van der Waals surface area contributed by atoms with E-state index in [1.165, 1.54) is 13.2 Å². The van der Waals surface area contributed by atoms with Gasteiger partial charge in [-0.1, -0.05) is 0 Å². The highest BCUT2D eigenvalue weighted by Crippen LogP contribution is 2.34. The summed E-state index contributed by atoms with van der Waals surface area (Å²) < 4.78 is 15.7. The molecule has 0 aliphatic carbocycles. The molecule has 1 aromatic carbocycles. The van der Waals surface area contributed by atoms with E-state index in [2.05, 4.69) is 0 Å². The van der Waals surface area contributed by atoms with Crippen molar-refractivity contribution >= 4 is 0 Å². The average Bonchev–Trinajstić information content (AvgIpc) is 2.47. The van der Waals surface area contributed by atoms with Gasteiger partial charge in [-0.2, -0.15) is 0 Å². The van der Waals surface area contributed by atoms with Gasteiger partial charge in [-0.25, -0.2) is 0 Å². The van der Waals surface area contributed by atoms with Gasteiger partial charge in [0.05, 0.1) is 6.61 Å². The Balaban J connectivity index is 2.21. The molecule has 3 unspecified atom stereocenters. The summed E-state index contributed by atoms with van der Waals surface area (Å²) in [6.07, 6.45) is -6.50. The Morgan fingerprint density at radius 3 is 2.41 bits per heavy atom. The van der Waals surface area contributed by atoms with Crippen molar-refractivity contribution in [1.29, 1.82) is 0 Å². The number of phenols is 2. The van der Waals surface area contributed by atoms with E-state index < -0.39 is 30.7 Å². The van der Waals surface area contributed by atoms with Gasteiger partial charge >= 0.3 is 0 Å². The quantitative estimate of drug-likeness (QED) is 0.490. The summed E-state index contributed by atoms with van der Waals surface area (Å²) in [6, 6.07) is 2.39. The Bertz CT molecular complexity index is 520. The lowest BCUT2D eigenvalue weighted by Crippen LogP contribution is -2.60. The van der Waals surface area contributed by atoms with Crippen LogP contribution in [0.15, 0.2) is 12.1 Å². The van der Waals surface area contributed by atoms with Gasteiger partial charge in [-0.15, -0.1) is 0 Å². The second-order valence-corrected chi connectivity index (χ2v) is 5.18. The van der Waals surface area contributed by atoms with Gasteiger partial charge in [0.2, 0.25) is 6.29 Å². The maximum absolute atomic E-state index is 9.96. The van der Waals surface area contributed by atoms with Crippen LogP contribution in [0.5, 0.6) is 17.2 Å². The van der Waals surface area contributed by atoms with Crippen molar-refractivity contribution in [2.75, 3.05) is 13.7 Å². The third-order valence-electron chi connectivity index (χ3n) is 3.56. The molecule has 22 heavy (non-hydrogen) atoms. The van der Waals surface area contributed by atoms with Gasteiger partial charge in [0, 0.05) is 24.8 Å². The van der Waals surface area contributed by atoms with E-state index in [-0.39, 0.29) is 23.9 Å². The fraction of sp³-hybridized carbons (Fsp3) is 0.571. The van der Waals surface area contributed by atoms with Crippen LogP contribution in [0.25, 0.3) is 0 Å². The predicted octanol–water partition coefficient (Wildman–Crippen LogP) is -0.761. The average molecular weight is 316 g/mol. The van der Waals surface area contributed by atoms with Gasteiger partial charge in [0.15, 0.2) is 0 Å². The van der Waals surface area contributed by atoms with Gasteiger partial charge in [-0.05, 0) is 6.92 Å². The molecule has 1 fully saturated rings. The number of methoxy groups -OCH3 is 1. The van der Waals surface area contributed by atoms with Crippen molar-refractivity contribution in [2.24, 2.45) is 0 Å². The summed E-state index contributed by atoms with van der Waals surface area (Å²) in [5.74, 6) is -0.326. The van der Waals surface area contributed by atoms with Crippen LogP contribution in [0.3, 0.4) is 0 Å². The minimum absolute atomic E-state index is 0.00488. The van der Waals surface area contributed by atoms with Crippen molar-refractivity contribution < 1.29 is 39.7 Å². The topological polar surface area (TPSA) is 129 Å². The maximum atomic E-state index is 9.96. The Kier molecular flexibility index (Phi) is 5.09. The van der Waals surface area contributed by atoms with Crippen LogP contribution in [0.4, 0.5) is 0 Å². The molecule has 1 heterocycles. The number of aromatic hydroxyl groups is 2. The smallest absolute Gasteiger partial charge is 0.229 e. The summed E-state index contributed by atoms with van der Waals surface area (Å²) >= 11 is 0. The first kappa shape index (κ1) is 16.8. The first-order valence-corrected chi connectivity index (χ1v) is 6.73. The summed E-state index contributed by atoms with van der Waals surface area (Å²) in [4.78, 5) is 0. The monoisotopic (exact) mass is 316 g/mol. The molecule has 0 aromatic heterocycles. The Morgan fingerprint density at radius 1 is 1.09 bits per heavy atom. The Hall–Kier alpha value is -1.58. The van der Waals surface area contributed by atoms with E-state index in [9.17, 15) is 25.5 Å². The van der Waals surface area contributed by atoms with Crippen LogP contribution in [-0.4, -0.2) is 70.0 Å². The highest BCUT2D eigenvalue weighted by atomic mass is 16.7. The normalized spacial score (nSPS) is 32.0. The molecular formula is C14H20O8. The number of hydrogen-bond donors (Lipinski definition) is 5. The van der Waals surface area contributed by atoms with Crippen molar-refractivity contribution in [1.82, 2.24) is 0 Å². The standard InChI is InChI=1S/C14H20O8/c1-6-8(16)3-7(15)4-9(6)21-14-13(19)12(18)11(17)10(22-14)5-20-2/h3-4,10-19H,5H2,1-2H3/t10-,11-,12?,13?,14?/m1/s1. The summed E-state index contributed by atoms with van der Waals surface area (Å²) in [5, 5.41) is 48.8. The fourth-order valence-corrected chi connectivity index (χ4v) is 2.22. The van der Waals surface area contributed by atoms with Gasteiger partial charge in [0.25, 0.3) is 0 Å². The van der Waals surface area contributed by atoms with Crippen LogP contribution >= 0.6 is 0 Å². The molecule has 0 bridgehead atoms. The zero-order chi connectivity index (χ0) is 16.4. The van der Waals surface area contributed by atoms with Gasteiger partial charge < -0.3 is 39.7 Å². The molecule has 2 rings (SSSR count). The lowest BCUT2D eigenvalue weighted by atomic mass is 9.99. The highest BCUT2D eigenvalue weighted by molar-refractivity contribution is 5.48. The van der Waals surface area contributed by atoms with E-state index in [1.54, 1.807) is 6.92 Å². The molecule has 5 N–H and O–H groups in total. The highest BCUT2D eigenvalue weighted by Gasteiger charge is 2.45. The second-order valence-electron chi connectivity index (χ2n) is 5.18. The van der Waals surface area contributed by atoms with Crippen molar-refractivity contribution in [3.05, 3.63) is 17.7 Å². The first-order valence-electron chi connectivity index (χ1n) is 6.73. The summed E-state index contributed by atoms with van der Waals surface area (Å²) in [6.45, 7) is 1.55. The molecule has 0 amide bonds. The second kappa shape index (κ2) is 6.67. The van der Waals surface area contributed by atoms with Crippen molar-refractivity contribution in [3.8, 4) is 17.2 Å². The lowest BCUT2D eigenvalue weighted by molar-refractivity contribution is -0.278. The summed E-state index contributed by atoms with van der Waals surface area (Å²) in [5.41, 5.74) is 0.331. The SMILES string of the molecule is COC[C@H]1OC(Oc2cc(O)cc(O)c2C)C(O)C(O)[C@@H]1O. The molecule has 1 aliphatic rings. The molecular weight excluding hydrogens is 296 g/mol. The lowest BCUT2D eigenvalue weighted by Gasteiger charge is -2.40. The molecule has 8 nitrogen and oxygen atoms in total.